The molecule has 0 aliphatic carbocycles. The Labute approximate surface area is 145 Å². The van der Waals surface area contributed by atoms with E-state index < -0.39 is 15.8 Å². The van der Waals surface area contributed by atoms with Crippen LogP contribution in [0.15, 0.2) is 42.5 Å². The average molecular weight is 362 g/mol. The molecule has 2 aromatic rings. The highest BCUT2D eigenvalue weighted by molar-refractivity contribution is 7.80. The van der Waals surface area contributed by atoms with E-state index in [1.807, 2.05) is 0 Å². The lowest BCUT2D eigenvalue weighted by molar-refractivity contribution is -0.385. The highest BCUT2D eigenvalue weighted by Gasteiger charge is 2.14. The molecule has 0 aliphatic rings. The lowest BCUT2D eigenvalue weighted by Crippen LogP contribution is -2.34. The number of thiocarbonyl (C=S) groups is 1. The molecule has 25 heavy (non-hydrogen) atoms. The largest absolute Gasteiger partial charge is 0.506 e. The standard InChI is InChI=1S/C14H10N4O6S/c19-12-6-5-10(18(23)24)7-11(12)15-14(25)16-13(20)8-1-3-9(4-2-8)17(21)22/h1-7,19H,(H2,15,16,20,25). The molecule has 0 unspecified atom stereocenters. The van der Waals surface area contributed by atoms with Crippen molar-refractivity contribution in [1.29, 1.82) is 0 Å². The molecule has 0 bridgehead atoms. The van der Waals surface area contributed by atoms with Crippen LogP contribution in [0.4, 0.5) is 17.1 Å². The van der Waals surface area contributed by atoms with E-state index in [1.165, 1.54) is 12.1 Å². The van der Waals surface area contributed by atoms with Crippen LogP contribution in [0.5, 0.6) is 5.75 Å². The van der Waals surface area contributed by atoms with Gasteiger partial charge in [0.2, 0.25) is 0 Å². The van der Waals surface area contributed by atoms with Crippen LogP contribution in [-0.4, -0.2) is 26.0 Å². The SMILES string of the molecule is O=C(NC(=S)Nc1cc([N+](=O)[O-])ccc1O)c1ccc([N+](=O)[O-])cc1. The van der Waals surface area contributed by atoms with Gasteiger partial charge in [-0.3, -0.25) is 30.3 Å². The second-order valence-electron chi connectivity index (χ2n) is 4.67. The van der Waals surface area contributed by atoms with Crippen molar-refractivity contribution in [1.82, 2.24) is 5.32 Å². The summed E-state index contributed by atoms with van der Waals surface area (Å²) in [6.45, 7) is 0. The van der Waals surface area contributed by atoms with E-state index in [-0.39, 0.29) is 33.5 Å². The maximum absolute atomic E-state index is 12.0. The molecule has 0 radical (unpaired) electrons. The Balaban J connectivity index is 2.07. The number of benzene rings is 2. The van der Waals surface area contributed by atoms with Crippen LogP contribution < -0.4 is 10.6 Å². The van der Waals surface area contributed by atoms with Crippen molar-refractivity contribution in [2.45, 2.75) is 0 Å². The lowest BCUT2D eigenvalue weighted by Gasteiger charge is -2.10. The number of nitro groups is 2. The number of non-ortho nitro benzene ring substituents is 2. The second-order valence-corrected chi connectivity index (χ2v) is 5.08. The highest BCUT2D eigenvalue weighted by atomic mass is 32.1. The number of anilines is 1. The molecule has 10 nitrogen and oxygen atoms in total. The Morgan fingerprint density at radius 2 is 1.56 bits per heavy atom. The summed E-state index contributed by atoms with van der Waals surface area (Å²) in [6.07, 6.45) is 0. The van der Waals surface area contributed by atoms with Crippen LogP contribution in [0.3, 0.4) is 0 Å². The zero-order valence-corrected chi connectivity index (χ0v) is 13.1. The smallest absolute Gasteiger partial charge is 0.271 e. The molecule has 11 heteroatoms. The van der Waals surface area contributed by atoms with Gasteiger partial charge in [-0.05, 0) is 30.4 Å². The highest BCUT2D eigenvalue weighted by Crippen LogP contribution is 2.27. The fourth-order valence-corrected chi connectivity index (χ4v) is 2.00. The first kappa shape index (κ1) is 17.7. The zero-order chi connectivity index (χ0) is 18.6. The lowest BCUT2D eigenvalue weighted by atomic mass is 10.2. The molecular formula is C14H10N4O6S. The Hall–Kier alpha value is -3.60. The van der Waals surface area contributed by atoms with Gasteiger partial charge in [-0.15, -0.1) is 0 Å². The van der Waals surface area contributed by atoms with Gasteiger partial charge in [-0.25, -0.2) is 0 Å². The molecule has 128 valence electrons. The summed E-state index contributed by atoms with van der Waals surface area (Å²) in [4.78, 5) is 32.1. The number of phenols is 1. The number of nitro benzene ring substituents is 2. The van der Waals surface area contributed by atoms with E-state index in [1.54, 1.807) is 0 Å². The van der Waals surface area contributed by atoms with Gasteiger partial charge in [0.15, 0.2) is 5.11 Å². The van der Waals surface area contributed by atoms with Crippen LogP contribution in [0.1, 0.15) is 10.4 Å². The fourth-order valence-electron chi connectivity index (χ4n) is 1.80. The third kappa shape index (κ3) is 4.45. The van der Waals surface area contributed by atoms with Crippen molar-refractivity contribution in [3.63, 3.8) is 0 Å². The summed E-state index contributed by atoms with van der Waals surface area (Å²) in [6, 6.07) is 8.11. The molecule has 2 aromatic carbocycles. The number of aromatic hydroxyl groups is 1. The van der Waals surface area contributed by atoms with E-state index in [9.17, 15) is 30.1 Å². The average Bonchev–Trinajstić information content (AvgIpc) is 2.56. The third-order valence-corrected chi connectivity index (χ3v) is 3.21. The molecule has 0 saturated carbocycles. The molecule has 0 spiro atoms. The van der Waals surface area contributed by atoms with Crippen molar-refractivity contribution in [2.75, 3.05) is 5.32 Å². The van der Waals surface area contributed by atoms with Crippen LogP contribution in [0, 0.1) is 20.2 Å². The summed E-state index contributed by atoms with van der Waals surface area (Å²) in [5.41, 5.74) is -0.371. The Bertz CT molecular complexity index is 868. The van der Waals surface area contributed by atoms with E-state index in [0.717, 1.165) is 30.3 Å². The van der Waals surface area contributed by atoms with E-state index in [2.05, 4.69) is 10.6 Å². The van der Waals surface area contributed by atoms with Crippen LogP contribution in [-0.2, 0) is 0 Å². The van der Waals surface area contributed by atoms with Gasteiger partial charge in [0.05, 0.1) is 15.5 Å². The number of amides is 1. The molecule has 0 saturated heterocycles. The number of hydrogen-bond acceptors (Lipinski definition) is 7. The predicted molar refractivity (Wildman–Crippen MR) is 91.5 cm³/mol. The van der Waals surface area contributed by atoms with Crippen molar-refractivity contribution >= 4 is 40.3 Å². The summed E-state index contributed by atoms with van der Waals surface area (Å²) < 4.78 is 0. The van der Waals surface area contributed by atoms with Gasteiger partial charge < -0.3 is 10.4 Å². The summed E-state index contributed by atoms with van der Waals surface area (Å²) in [7, 11) is 0. The second kappa shape index (κ2) is 7.31. The molecule has 0 atom stereocenters. The van der Waals surface area contributed by atoms with E-state index in [4.69, 9.17) is 12.2 Å². The first-order valence-corrected chi connectivity index (χ1v) is 7.03. The maximum atomic E-state index is 12.0. The number of carbonyl (C=O) groups is 1. The quantitative estimate of drug-likeness (QED) is 0.325. The van der Waals surface area contributed by atoms with Crippen molar-refractivity contribution in [3.8, 4) is 5.75 Å². The van der Waals surface area contributed by atoms with E-state index in [0.29, 0.717) is 0 Å². The van der Waals surface area contributed by atoms with Crippen molar-refractivity contribution in [2.24, 2.45) is 0 Å². The van der Waals surface area contributed by atoms with Gasteiger partial charge in [0.25, 0.3) is 17.3 Å². The van der Waals surface area contributed by atoms with Gasteiger partial charge in [0, 0.05) is 29.8 Å². The van der Waals surface area contributed by atoms with Crippen LogP contribution in [0.2, 0.25) is 0 Å². The summed E-state index contributed by atoms with van der Waals surface area (Å²) >= 11 is 4.92. The number of carbonyl (C=O) groups excluding carboxylic acids is 1. The minimum absolute atomic E-state index is 0.0526. The normalized spacial score (nSPS) is 9.92. The molecule has 3 N–H and O–H groups in total. The molecule has 0 fully saturated rings. The van der Waals surface area contributed by atoms with Gasteiger partial charge in [0.1, 0.15) is 5.75 Å². The Morgan fingerprint density at radius 1 is 1.00 bits per heavy atom. The monoisotopic (exact) mass is 362 g/mol. The predicted octanol–water partition coefficient (Wildman–Crippen LogP) is 2.34. The molecule has 1 amide bonds. The minimum atomic E-state index is -0.650. The zero-order valence-electron chi connectivity index (χ0n) is 12.3. The van der Waals surface area contributed by atoms with Gasteiger partial charge in [-0.1, -0.05) is 0 Å². The van der Waals surface area contributed by atoms with Crippen LogP contribution in [0.25, 0.3) is 0 Å². The van der Waals surface area contributed by atoms with Gasteiger partial charge >= 0.3 is 0 Å². The number of hydrogen-bond donors (Lipinski definition) is 3. The van der Waals surface area contributed by atoms with Crippen molar-refractivity contribution in [3.05, 3.63) is 68.3 Å². The maximum Gasteiger partial charge on any atom is 0.271 e. The third-order valence-electron chi connectivity index (χ3n) is 3.01. The molecular weight excluding hydrogens is 352 g/mol. The number of rotatable bonds is 4. The fraction of sp³-hybridized carbons (Fsp3) is 0. The Morgan fingerprint density at radius 3 is 2.12 bits per heavy atom. The Kier molecular flexibility index (Phi) is 5.19. The van der Waals surface area contributed by atoms with Crippen LogP contribution >= 0.6 is 12.2 Å². The molecule has 0 aromatic heterocycles. The number of phenolic OH excluding ortho intramolecular Hbond substituents is 1. The topological polar surface area (TPSA) is 148 Å². The number of nitrogens with zero attached hydrogens (tertiary/aromatic N) is 2. The van der Waals surface area contributed by atoms with Gasteiger partial charge in [-0.2, -0.15) is 0 Å². The first-order chi connectivity index (χ1) is 11.8. The van der Waals surface area contributed by atoms with E-state index >= 15 is 0 Å². The summed E-state index contributed by atoms with van der Waals surface area (Å²) in [5.74, 6) is -0.935. The number of nitrogens with one attached hydrogen (secondary N) is 2. The molecule has 0 heterocycles. The summed E-state index contributed by atoms with van der Waals surface area (Å²) in [5, 5.41) is 35.5. The first-order valence-electron chi connectivity index (χ1n) is 6.62. The molecule has 0 aliphatic heterocycles. The molecule has 2 rings (SSSR count). The van der Waals surface area contributed by atoms with Crippen molar-refractivity contribution < 1.29 is 19.7 Å². The minimum Gasteiger partial charge on any atom is -0.506 e.